The molecule has 0 saturated carbocycles. The lowest BCUT2D eigenvalue weighted by Gasteiger charge is -2.32. The van der Waals surface area contributed by atoms with E-state index in [2.05, 4.69) is 16.3 Å². The third kappa shape index (κ3) is 3.91. The minimum atomic E-state index is -0.693. The van der Waals surface area contributed by atoms with Gasteiger partial charge in [-0.2, -0.15) is 0 Å². The van der Waals surface area contributed by atoms with Crippen molar-refractivity contribution in [1.82, 2.24) is 15.1 Å². The van der Waals surface area contributed by atoms with Gasteiger partial charge < -0.3 is 9.32 Å². The van der Waals surface area contributed by atoms with E-state index in [1.807, 2.05) is 24.3 Å². The van der Waals surface area contributed by atoms with Crippen LogP contribution in [-0.4, -0.2) is 46.7 Å². The van der Waals surface area contributed by atoms with Gasteiger partial charge in [-0.3, -0.25) is 24.6 Å². The first-order valence-electron chi connectivity index (χ1n) is 12.1. The van der Waals surface area contributed by atoms with Gasteiger partial charge in [0.15, 0.2) is 0 Å². The maximum absolute atomic E-state index is 15.2. The Morgan fingerprint density at radius 2 is 1.89 bits per heavy atom. The summed E-state index contributed by atoms with van der Waals surface area (Å²) in [7, 11) is 0. The fourth-order valence-electron chi connectivity index (χ4n) is 5.76. The van der Waals surface area contributed by atoms with Crippen molar-refractivity contribution in [3.63, 3.8) is 0 Å². The summed E-state index contributed by atoms with van der Waals surface area (Å²) in [6.45, 7) is 2.81. The van der Waals surface area contributed by atoms with E-state index in [0.29, 0.717) is 17.5 Å². The van der Waals surface area contributed by atoms with Gasteiger partial charge in [0.1, 0.15) is 17.4 Å². The molecule has 0 spiro atoms. The third-order valence-electron chi connectivity index (χ3n) is 7.65. The summed E-state index contributed by atoms with van der Waals surface area (Å²) in [5.41, 5.74) is 3.84. The van der Waals surface area contributed by atoms with E-state index in [0.717, 1.165) is 49.0 Å². The smallest absolute Gasteiger partial charge is 0.255 e. The minimum Gasteiger partial charge on any atom is -0.464 e. The second kappa shape index (κ2) is 8.61. The highest BCUT2D eigenvalue weighted by molar-refractivity contribution is 6.05. The molecule has 1 atom stereocenters. The zero-order valence-corrected chi connectivity index (χ0v) is 19.3. The SMILES string of the molecule is O=C1CCC(N2Cc3cc(C4CCN(Cc5cccc6occc56)CC4)c(F)cc3C2=O)C(=O)N1. The molecule has 2 fully saturated rings. The van der Waals surface area contributed by atoms with Crippen LogP contribution in [0.25, 0.3) is 11.0 Å². The number of amides is 3. The van der Waals surface area contributed by atoms with E-state index in [1.165, 1.54) is 16.5 Å². The first-order chi connectivity index (χ1) is 17.0. The van der Waals surface area contributed by atoms with Crippen LogP contribution < -0.4 is 5.32 Å². The average molecular weight is 476 g/mol. The first kappa shape index (κ1) is 22.0. The second-order valence-electron chi connectivity index (χ2n) is 9.73. The Morgan fingerprint density at radius 1 is 1.06 bits per heavy atom. The Bertz CT molecular complexity index is 1340. The molecule has 0 bridgehead atoms. The number of imide groups is 1. The fourth-order valence-corrected chi connectivity index (χ4v) is 5.76. The van der Waals surface area contributed by atoms with E-state index < -0.39 is 11.9 Å². The average Bonchev–Trinajstić information content (AvgIpc) is 3.45. The molecule has 180 valence electrons. The van der Waals surface area contributed by atoms with Crippen molar-refractivity contribution >= 4 is 28.7 Å². The molecular weight excluding hydrogens is 449 g/mol. The summed E-state index contributed by atoms with van der Waals surface area (Å²) in [5.74, 6) is -1.40. The zero-order valence-electron chi connectivity index (χ0n) is 19.3. The van der Waals surface area contributed by atoms with E-state index in [1.54, 1.807) is 6.26 Å². The van der Waals surface area contributed by atoms with Crippen LogP contribution in [0.3, 0.4) is 0 Å². The maximum atomic E-state index is 15.2. The highest BCUT2D eigenvalue weighted by Crippen LogP contribution is 2.36. The second-order valence-corrected chi connectivity index (χ2v) is 9.73. The number of piperidine rings is 2. The van der Waals surface area contributed by atoms with Gasteiger partial charge in [0.2, 0.25) is 11.8 Å². The highest BCUT2D eigenvalue weighted by Gasteiger charge is 2.40. The zero-order chi connectivity index (χ0) is 24.1. The monoisotopic (exact) mass is 475 g/mol. The Morgan fingerprint density at radius 3 is 2.69 bits per heavy atom. The summed E-state index contributed by atoms with van der Waals surface area (Å²) in [5, 5.41) is 3.43. The van der Waals surface area contributed by atoms with Crippen LogP contribution in [0.4, 0.5) is 4.39 Å². The van der Waals surface area contributed by atoms with Crippen molar-refractivity contribution < 1.29 is 23.2 Å². The number of hydrogen-bond donors (Lipinski definition) is 1. The molecule has 8 heteroatoms. The van der Waals surface area contributed by atoms with Gasteiger partial charge in [0, 0.05) is 30.5 Å². The fraction of sp³-hybridized carbons (Fsp3) is 0.370. The summed E-state index contributed by atoms with van der Waals surface area (Å²) >= 11 is 0. The summed E-state index contributed by atoms with van der Waals surface area (Å²) in [6, 6.07) is 10.6. The summed E-state index contributed by atoms with van der Waals surface area (Å²) in [6.07, 6.45) is 3.88. The quantitative estimate of drug-likeness (QED) is 0.582. The molecular formula is C27H26FN3O4. The summed E-state index contributed by atoms with van der Waals surface area (Å²) < 4.78 is 20.7. The standard InChI is InChI=1S/C27H26FN3O4/c28-22-13-21-18(15-31(27(21)34)23-4-5-25(32)29-26(23)33)12-20(22)16-6-9-30(10-7-16)14-17-2-1-3-24-19(17)8-11-35-24/h1-3,8,11-13,16,23H,4-7,9-10,14-15H2,(H,29,32,33). The van der Waals surface area contributed by atoms with Crippen LogP contribution in [0, 0.1) is 5.82 Å². The molecule has 35 heavy (non-hydrogen) atoms. The Labute approximate surface area is 201 Å². The van der Waals surface area contributed by atoms with Crippen molar-refractivity contribution in [3.8, 4) is 0 Å². The largest absolute Gasteiger partial charge is 0.464 e. The van der Waals surface area contributed by atoms with Gasteiger partial charge in [-0.15, -0.1) is 0 Å². The van der Waals surface area contributed by atoms with E-state index in [4.69, 9.17) is 4.42 Å². The molecule has 1 unspecified atom stereocenters. The number of carbonyl (C=O) groups excluding carboxylic acids is 3. The lowest BCUT2D eigenvalue weighted by Crippen LogP contribution is -2.52. The molecule has 1 aromatic heterocycles. The van der Waals surface area contributed by atoms with Crippen LogP contribution in [0.15, 0.2) is 47.1 Å². The number of benzene rings is 2. The molecule has 4 heterocycles. The van der Waals surface area contributed by atoms with Crippen LogP contribution in [0.1, 0.15) is 58.6 Å². The molecule has 0 radical (unpaired) electrons. The number of hydrogen-bond acceptors (Lipinski definition) is 5. The van der Waals surface area contributed by atoms with Crippen molar-refractivity contribution in [2.24, 2.45) is 0 Å². The number of nitrogens with one attached hydrogen (secondary N) is 1. The van der Waals surface area contributed by atoms with Crippen LogP contribution in [-0.2, 0) is 22.7 Å². The molecule has 7 nitrogen and oxygen atoms in total. The van der Waals surface area contributed by atoms with Crippen LogP contribution >= 0.6 is 0 Å². The van der Waals surface area contributed by atoms with Gasteiger partial charge in [0.05, 0.1) is 6.26 Å². The van der Waals surface area contributed by atoms with Gasteiger partial charge in [-0.1, -0.05) is 18.2 Å². The number of likely N-dealkylation sites (tertiary alicyclic amines) is 1. The number of rotatable bonds is 4. The molecule has 0 aliphatic carbocycles. The molecule has 1 N–H and O–H groups in total. The van der Waals surface area contributed by atoms with Gasteiger partial charge in [-0.25, -0.2) is 4.39 Å². The van der Waals surface area contributed by atoms with Crippen molar-refractivity contribution in [1.29, 1.82) is 0 Å². The third-order valence-corrected chi connectivity index (χ3v) is 7.65. The normalized spacial score (nSPS) is 21.6. The van der Waals surface area contributed by atoms with Gasteiger partial charge in [0.25, 0.3) is 5.91 Å². The number of carbonyl (C=O) groups is 3. The lowest BCUT2D eigenvalue weighted by atomic mass is 9.87. The Kier molecular flexibility index (Phi) is 5.40. The number of nitrogens with zero attached hydrogens (tertiary/aromatic N) is 2. The predicted molar refractivity (Wildman–Crippen MR) is 126 cm³/mol. The molecule has 3 aliphatic rings. The highest BCUT2D eigenvalue weighted by atomic mass is 19.1. The molecule has 6 rings (SSSR count). The van der Waals surface area contributed by atoms with Crippen LogP contribution in [0.5, 0.6) is 0 Å². The Hall–Kier alpha value is -3.52. The molecule has 2 aromatic carbocycles. The van der Waals surface area contributed by atoms with E-state index in [-0.39, 0.29) is 36.5 Å². The topological polar surface area (TPSA) is 82.9 Å². The lowest BCUT2D eigenvalue weighted by molar-refractivity contribution is -0.136. The minimum absolute atomic E-state index is 0.0843. The van der Waals surface area contributed by atoms with E-state index in [9.17, 15) is 14.4 Å². The summed E-state index contributed by atoms with van der Waals surface area (Å²) in [4.78, 5) is 40.5. The molecule has 2 saturated heterocycles. The molecule has 3 aromatic rings. The van der Waals surface area contributed by atoms with Crippen molar-refractivity contribution in [3.05, 3.63) is 70.7 Å². The van der Waals surface area contributed by atoms with Crippen LogP contribution in [0.2, 0.25) is 0 Å². The molecule has 3 aliphatic heterocycles. The number of halogens is 1. The number of furan rings is 1. The Balaban J connectivity index is 1.15. The van der Waals surface area contributed by atoms with Gasteiger partial charge in [-0.05, 0) is 73.2 Å². The molecule has 3 amide bonds. The van der Waals surface area contributed by atoms with E-state index >= 15 is 4.39 Å². The van der Waals surface area contributed by atoms with Crippen molar-refractivity contribution in [2.45, 2.75) is 50.7 Å². The maximum Gasteiger partial charge on any atom is 0.255 e. The first-order valence-corrected chi connectivity index (χ1v) is 12.1. The van der Waals surface area contributed by atoms with Crippen molar-refractivity contribution in [2.75, 3.05) is 13.1 Å². The number of fused-ring (bicyclic) bond motifs is 2. The predicted octanol–water partition coefficient (Wildman–Crippen LogP) is 3.71. The van der Waals surface area contributed by atoms with Gasteiger partial charge >= 0.3 is 0 Å².